The van der Waals surface area contributed by atoms with Gasteiger partial charge in [-0.1, -0.05) is 18.2 Å². The normalized spacial score (nSPS) is 8.90. The first-order valence-corrected chi connectivity index (χ1v) is 6.61. The van der Waals surface area contributed by atoms with Crippen LogP contribution >= 0.6 is 0 Å². The molecule has 0 unspecified atom stereocenters. The van der Waals surface area contributed by atoms with Gasteiger partial charge in [-0.25, -0.2) is 0 Å². The van der Waals surface area contributed by atoms with Gasteiger partial charge >= 0.3 is 0 Å². The van der Waals surface area contributed by atoms with Crippen molar-refractivity contribution in [1.82, 2.24) is 0 Å². The van der Waals surface area contributed by atoms with Crippen LogP contribution in [0.4, 0.5) is 0 Å². The van der Waals surface area contributed by atoms with E-state index in [2.05, 4.69) is 12.1 Å². The van der Waals surface area contributed by atoms with Crippen LogP contribution in [-0.2, 0) is 0 Å². The number of methoxy groups -OCH3 is 2. The summed E-state index contributed by atoms with van der Waals surface area (Å²) in [6.45, 7) is 0.659. The number of ether oxygens (including phenoxy) is 3. The second-order valence-electron chi connectivity index (χ2n) is 3.94. The SMILES string of the molecule is COc1c#cccc1.COc1ccccc1OCCCO. The predicted molar refractivity (Wildman–Crippen MR) is 80.9 cm³/mol. The van der Waals surface area contributed by atoms with E-state index in [4.69, 9.17) is 19.3 Å². The maximum Gasteiger partial charge on any atom is 0.169 e. The maximum absolute atomic E-state index is 8.56. The predicted octanol–water partition coefficient (Wildman–Crippen LogP) is 2.75. The van der Waals surface area contributed by atoms with E-state index in [1.165, 1.54) is 0 Å². The molecular weight excluding hydrogens is 268 g/mol. The Morgan fingerprint density at radius 1 is 1.00 bits per heavy atom. The molecule has 1 N–H and O–H groups in total. The second-order valence-corrected chi connectivity index (χ2v) is 3.94. The molecule has 0 amide bonds. The minimum atomic E-state index is 0.148. The van der Waals surface area contributed by atoms with Gasteiger partial charge in [0.15, 0.2) is 17.2 Å². The van der Waals surface area contributed by atoms with Crippen molar-refractivity contribution in [2.45, 2.75) is 6.42 Å². The summed E-state index contributed by atoms with van der Waals surface area (Å²) in [7, 11) is 3.22. The van der Waals surface area contributed by atoms with E-state index in [0.717, 1.165) is 17.2 Å². The highest BCUT2D eigenvalue weighted by molar-refractivity contribution is 5.39. The molecule has 0 fully saturated rings. The average molecular weight is 288 g/mol. The molecule has 2 rings (SSSR count). The molecule has 112 valence electrons. The standard InChI is InChI=1S/C10H14O3.C7H6O/c1-12-9-5-2-3-6-10(9)13-8-4-7-11;1-8-7-5-3-2-4-6-7/h2-3,5-6,11H,4,7-8H2,1H3;2-3,5H,1H3. The van der Waals surface area contributed by atoms with Crippen LogP contribution in [0.3, 0.4) is 0 Å². The smallest absolute Gasteiger partial charge is 0.169 e. The van der Waals surface area contributed by atoms with Gasteiger partial charge in [0.1, 0.15) is 0 Å². The summed E-state index contributed by atoms with van der Waals surface area (Å²) in [6, 6.07) is 18.5. The summed E-state index contributed by atoms with van der Waals surface area (Å²) in [5.74, 6) is 2.17. The van der Waals surface area contributed by atoms with Gasteiger partial charge in [-0.05, 0) is 36.4 Å². The zero-order valence-electron chi connectivity index (χ0n) is 12.3. The third kappa shape index (κ3) is 6.55. The van der Waals surface area contributed by atoms with Crippen LogP contribution in [0.1, 0.15) is 6.42 Å². The van der Waals surface area contributed by atoms with Gasteiger partial charge in [0.2, 0.25) is 0 Å². The van der Waals surface area contributed by atoms with Crippen molar-refractivity contribution in [3.8, 4) is 17.2 Å². The minimum absolute atomic E-state index is 0.148. The van der Waals surface area contributed by atoms with Crippen molar-refractivity contribution >= 4 is 0 Å². The van der Waals surface area contributed by atoms with Gasteiger partial charge in [0, 0.05) is 13.0 Å². The fourth-order valence-corrected chi connectivity index (χ4v) is 1.44. The van der Waals surface area contributed by atoms with Gasteiger partial charge in [-0.3, -0.25) is 0 Å². The Hall–Kier alpha value is -2.38. The second kappa shape index (κ2) is 10.4. The molecule has 2 aromatic carbocycles. The quantitative estimate of drug-likeness (QED) is 0.830. The Morgan fingerprint density at radius 3 is 2.29 bits per heavy atom. The van der Waals surface area contributed by atoms with Crippen LogP contribution in [-0.4, -0.2) is 32.5 Å². The van der Waals surface area contributed by atoms with Gasteiger partial charge in [-0.15, -0.1) is 0 Å². The van der Waals surface area contributed by atoms with Crippen molar-refractivity contribution < 1.29 is 19.3 Å². The molecule has 0 heterocycles. The molecule has 4 nitrogen and oxygen atoms in total. The van der Waals surface area contributed by atoms with E-state index in [0.29, 0.717) is 13.0 Å². The number of para-hydroxylation sites is 2. The average Bonchev–Trinajstić information content (AvgIpc) is 2.57. The summed E-state index contributed by atoms with van der Waals surface area (Å²) in [4.78, 5) is 0. The first-order chi connectivity index (χ1) is 10.3. The van der Waals surface area contributed by atoms with Crippen molar-refractivity contribution in [2.75, 3.05) is 27.4 Å². The lowest BCUT2D eigenvalue weighted by molar-refractivity contribution is 0.228. The number of benzene rings is 1. The molecule has 0 aliphatic heterocycles. The van der Waals surface area contributed by atoms with E-state index in [-0.39, 0.29) is 6.61 Å². The molecule has 21 heavy (non-hydrogen) atoms. The van der Waals surface area contributed by atoms with Crippen molar-refractivity contribution in [2.24, 2.45) is 0 Å². The number of hydrogen-bond donors (Lipinski definition) is 1. The Kier molecular flexibility index (Phi) is 8.27. The topological polar surface area (TPSA) is 47.9 Å². The van der Waals surface area contributed by atoms with Crippen molar-refractivity contribution in [1.29, 1.82) is 0 Å². The lowest BCUT2D eigenvalue weighted by Crippen LogP contribution is -2.00. The van der Waals surface area contributed by atoms with E-state index in [1.807, 2.05) is 36.4 Å². The molecule has 0 aliphatic carbocycles. The van der Waals surface area contributed by atoms with Gasteiger partial charge < -0.3 is 19.3 Å². The van der Waals surface area contributed by atoms with Gasteiger partial charge in [0.05, 0.1) is 20.8 Å². The van der Waals surface area contributed by atoms with E-state index in [9.17, 15) is 0 Å². The highest BCUT2D eigenvalue weighted by Gasteiger charge is 2.00. The summed E-state index contributed by atoms with van der Waals surface area (Å²) in [6.07, 6.45) is 0.637. The van der Waals surface area contributed by atoms with Crippen LogP contribution in [0.25, 0.3) is 0 Å². The Labute approximate surface area is 125 Å². The largest absolute Gasteiger partial charge is 0.493 e. The molecule has 0 bridgehead atoms. The van der Waals surface area contributed by atoms with Crippen LogP contribution in [0.15, 0.2) is 42.5 Å². The highest BCUT2D eigenvalue weighted by atomic mass is 16.5. The van der Waals surface area contributed by atoms with E-state index < -0.39 is 0 Å². The molecule has 0 spiro atoms. The third-order valence-electron chi connectivity index (χ3n) is 2.47. The zero-order chi connectivity index (χ0) is 15.3. The number of aliphatic hydroxyl groups excluding tert-OH is 1. The van der Waals surface area contributed by atoms with Gasteiger partial charge in [-0.2, -0.15) is 0 Å². The zero-order valence-corrected chi connectivity index (χ0v) is 12.3. The number of hydrogen-bond acceptors (Lipinski definition) is 4. The summed E-state index contributed by atoms with van der Waals surface area (Å²) in [5, 5.41) is 8.56. The van der Waals surface area contributed by atoms with E-state index >= 15 is 0 Å². The first-order valence-electron chi connectivity index (χ1n) is 6.61. The Balaban J connectivity index is 0.000000235. The monoisotopic (exact) mass is 288 g/mol. The third-order valence-corrected chi connectivity index (χ3v) is 2.47. The van der Waals surface area contributed by atoms with E-state index in [1.54, 1.807) is 20.3 Å². The van der Waals surface area contributed by atoms with Crippen LogP contribution in [0.2, 0.25) is 0 Å². The van der Waals surface area contributed by atoms with Crippen LogP contribution in [0.5, 0.6) is 17.2 Å². The highest BCUT2D eigenvalue weighted by Crippen LogP contribution is 2.25. The molecule has 2 aromatic rings. The van der Waals surface area contributed by atoms with Gasteiger partial charge in [0.25, 0.3) is 0 Å². The van der Waals surface area contributed by atoms with Crippen LogP contribution in [0, 0.1) is 12.1 Å². The molecule has 0 saturated heterocycles. The molecule has 0 radical (unpaired) electrons. The molecule has 0 saturated carbocycles. The fraction of sp³-hybridized carbons (Fsp3) is 0.294. The molecule has 4 heteroatoms. The van der Waals surface area contributed by atoms with Crippen molar-refractivity contribution in [3.05, 3.63) is 54.6 Å². The molecule has 0 atom stereocenters. The Morgan fingerprint density at radius 2 is 1.76 bits per heavy atom. The summed E-state index contributed by atoms with van der Waals surface area (Å²) in [5.41, 5.74) is 0. The summed E-state index contributed by atoms with van der Waals surface area (Å²) < 4.78 is 15.3. The van der Waals surface area contributed by atoms with Crippen LogP contribution < -0.4 is 14.2 Å². The molecule has 0 aromatic heterocycles. The first kappa shape index (κ1) is 16.7. The number of rotatable bonds is 6. The number of aliphatic hydroxyl groups is 1. The van der Waals surface area contributed by atoms with Crippen molar-refractivity contribution in [3.63, 3.8) is 0 Å². The molecule has 0 aliphatic rings. The lowest BCUT2D eigenvalue weighted by atomic mass is 10.3. The lowest BCUT2D eigenvalue weighted by Gasteiger charge is -2.08. The Bertz CT molecular complexity index is 485. The summed E-state index contributed by atoms with van der Waals surface area (Å²) >= 11 is 0. The maximum atomic E-state index is 8.56. The fourth-order valence-electron chi connectivity index (χ4n) is 1.44. The molecular formula is C17H20O4. The minimum Gasteiger partial charge on any atom is -0.493 e.